The normalized spacial score (nSPS) is 19.1. The highest BCUT2D eigenvalue weighted by Gasteiger charge is 2.26. The van der Waals surface area contributed by atoms with Crippen LogP contribution in [0.25, 0.3) is 0 Å². The van der Waals surface area contributed by atoms with E-state index in [4.69, 9.17) is 16.7 Å². The molecule has 0 amide bonds. The maximum Gasteiger partial charge on any atom is 0.294 e. The summed E-state index contributed by atoms with van der Waals surface area (Å²) in [5.74, 6) is -0.386. The summed E-state index contributed by atoms with van der Waals surface area (Å²) in [6, 6.07) is 2.18. The van der Waals surface area contributed by atoms with Gasteiger partial charge in [-0.1, -0.05) is 11.6 Å². The number of halogens is 2. The van der Waals surface area contributed by atoms with Gasteiger partial charge in [-0.2, -0.15) is 0 Å². The molecule has 1 atom stereocenters. The zero-order valence-corrected chi connectivity index (χ0v) is 11.6. The molecule has 1 unspecified atom stereocenters. The lowest BCUT2D eigenvalue weighted by atomic mass is 9.94. The van der Waals surface area contributed by atoms with Crippen LogP contribution in [-0.4, -0.2) is 29.7 Å². The maximum absolute atomic E-state index is 13.6. The van der Waals surface area contributed by atoms with Crippen molar-refractivity contribution in [3.05, 3.63) is 33.1 Å². The van der Waals surface area contributed by atoms with Crippen LogP contribution in [0.15, 0.2) is 12.1 Å². The minimum atomic E-state index is -0.656. The molecule has 110 valence electrons. The number of nitro groups is 1. The van der Waals surface area contributed by atoms with Crippen LogP contribution < -0.4 is 4.90 Å². The summed E-state index contributed by atoms with van der Waals surface area (Å²) in [6.45, 7) is 1.32. The van der Waals surface area contributed by atoms with Crippen molar-refractivity contribution in [2.45, 2.75) is 19.3 Å². The number of aliphatic hydroxyl groups is 1. The molecule has 0 spiro atoms. The van der Waals surface area contributed by atoms with Gasteiger partial charge in [0.2, 0.25) is 0 Å². The van der Waals surface area contributed by atoms with Gasteiger partial charge in [0.1, 0.15) is 11.5 Å². The van der Waals surface area contributed by atoms with E-state index in [9.17, 15) is 14.5 Å². The van der Waals surface area contributed by atoms with Crippen molar-refractivity contribution in [3.8, 4) is 0 Å². The number of nitrogens with zero attached hydrogens (tertiary/aromatic N) is 2. The average Bonchev–Trinajstić information content (AvgIpc) is 2.42. The SMILES string of the molecule is O=[N+]([O-])c1cc(Cl)c(F)cc1N1CCCC(CCO)C1. The lowest BCUT2D eigenvalue weighted by molar-refractivity contribution is -0.384. The lowest BCUT2D eigenvalue weighted by Gasteiger charge is -2.33. The Morgan fingerprint density at radius 2 is 2.30 bits per heavy atom. The Bertz CT molecular complexity index is 511. The number of piperidine rings is 1. The van der Waals surface area contributed by atoms with Gasteiger partial charge in [0, 0.05) is 31.8 Å². The molecule has 1 heterocycles. The molecule has 20 heavy (non-hydrogen) atoms. The topological polar surface area (TPSA) is 66.6 Å². The van der Waals surface area contributed by atoms with Gasteiger partial charge in [-0.05, 0) is 25.2 Å². The van der Waals surface area contributed by atoms with Crippen LogP contribution in [0.2, 0.25) is 5.02 Å². The molecule has 0 aliphatic carbocycles. The molecule has 0 aromatic heterocycles. The summed E-state index contributed by atoms with van der Waals surface area (Å²) in [6.07, 6.45) is 2.49. The Kier molecular flexibility index (Phi) is 4.77. The maximum atomic E-state index is 13.6. The van der Waals surface area contributed by atoms with Gasteiger partial charge in [0.25, 0.3) is 5.69 Å². The van der Waals surface area contributed by atoms with Crippen LogP contribution >= 0.6 is 11.6 Å². The Morgan fingerprint density at radius 1 is 1.55 bits per heavy atom. The van der Waals surface area contributed by atoms with Gasteiger partial charge in [-0.3, -0.25) is 10.1 Å². The van der Waals surface area contributed by atoms with Crippen LogP contribution in [0.4, 0.5) is 15.8 Å². The Labute approximate surface area is 121 Å². The van der Waals surface area contributed by atoms with E-state index in [1.54, 1.807) is 4.90 Å². The van der Waals surface area contributed by atoms with Gasteiger partial charge in [-0.25, -0.2) is 4.39 Å². The third kappa shape index (κ3) is 3.19. The molecule has 1 aromatic carbocycles. The molecule has 7 heteroatoms. The van der Waals surface area contributed by atoms with Crippen molar-refractivity contribution < 1.29 is 14.4 Å². The monoisotopic (exact) mass is 302 g/mol. The number of benzene rings is 1. The molecule has 1 aliphatic rings. The highest BCUT2D eigenvalue weighted by molar-refractivity contribution is 6.31. The van der Waals surface area contributed by atoms with E-state index < -0.39 is 10.7 Å². The van der Waals surface area contributed by atoms with Gasteiger partial charge in [-0.15, -0.1) is 0 Å². The number of aliphatic hydroxyl groups excluding tert-OH is 1. The molecule has 0 saturated carbocycles. The van der Waals surface area contributed by atoms with Crippen LogP contribution in [0.3, 0.4) is 0 Å². The van der Waals surface area contributed by atoms with Crippen LogP contribution in [0.5, 0.6) is 0 Å². The minimum absolute atomic E-state index is 0.0928. The molecular formula is C13H16ClFN2O3. The first-order valence-corrected chi connectivity index (χ1v) is 6.90. The fourth-order valence-electron chi connectivity index (χ4n) is 2.63. The molecule has 1 aromatic rings. The summed E-state index contributed by atoms with van der Waals surface area (Å²) in [5, 5.41) is 19.8. The van der Waals surface area contributed by atoms with E-state index in [-0.39, 0.29) is 28.9 Å². The Morgan fingerprint density at radius 3 is 2.95 bits per heavy atom. The van der Waals surface area contributed by atoms with E-state index in [0.717, 1.165) is 25.0 Å². The smallest absolute Gasteiger partial charge is 0.294 e. The number of rotatable bonds is 4. The summed E-state index contributed by atoms with van der Waals surface area (Å²) in [5.41, 5.74) is 0.0839. The lowest BCUT2D eigenvalue weighted by Crippen LogP contribution is -2.36. The van der Waals surface area contributed by atoms with Crippen LogP contribution in [0, 0.1) is 21.8 Å². The molecule has 1 saturated heterocycles. The van der Waals surface area contributed by atoms with Crippen molar-refractivity contribution in [3.63, 3.8) is 0 Å². The third-order valence-corrected chi connectivity index (χ3v) is 3.90. The summed E-state index contributed by atoms with van der Waals surface area (Å²) in [4.78, 5) is 12.4. The molecule has 0 radical (unpaired) electrons. The fourth-order valence-corrected chi connectivity index (χ4v) is 2.79. The first-order valence-electron chi connectivity index (χ1n) is 6.52. The van der Waals surface area contributed by atoms with E-state index in [1.807, 2.05) is 0 Å². The highest BCUT2D eigenvalue weighted by Crippen LogP contribution is 2.35. The number of nitro benzene ring substituents is 1. The summed E-state index contributed by atoms with van der Waals surface area (Å²) in [7, 11) is 0. The van der Waals surface area contributed by atoms with Gasteiger partial charge < -0.3 is 10.0 Å². The largest absolute Gasteiger partial charge is 0.396 e. The predicted molar refractivity (Wildman–Crippen MR) is 74.7 cm³/mol. The van der Waals surface area contributed by atoms with Crippen LogP contribution in [0.1, 0.15) is 19.3 Å². The fraction of sp³-hybridized carbons (Fsp3) is 0.538. The standard InChI is InChI=1S/C13H16ClFN2O3/c14-10-6-13(17(19)20)12(7-11(10)15)16-4-1-2-9(8-16)3-5-18/h6-7,9,18H,1-5,8H2. The van der Waals surface area contributed by atoms with Crippen molar-refractivity contribution in [2.24, 2.45) is 5.92 Å². The van der Waals surface area contributed by atoms with Gasteiger partial charge >= 0.3 is 0 Å². The van der Waals surface area contributed by atoms with E-state index in [0.29, 0.717) is 19.5 Å². The second-order valence-corrected chi connectivity index (χ2v) is 5.39. The zero-order valence-electron chi connectivity index (χ0n) is 10.9. The quantitative estimate of drug-likeness (QED) is 0.686. The molecule has 0 bridgehead atoms. The summed E-state index contributed by atoms with van der Waals surface area (Å²) < 4.78 is 13.6. The Balaban J connectivity index is 2.31. The zero-order chi connectivity index (χ0) is 14.7. The molecule has 2 rings (SSSR count). The van der Waals surface area contributed by atoms with Crippen molar-refractivity contribution in [2.75, 3.05) is 24.6 Å². The van der Waals surface area contributed by atoms with Crippen molar-refractivity contribution in [1.29, 1.82) is 0 Å². The first kappa shape index (κ1) is 15.0. The molecule has 1 aliphatic heterocycles. The third-order valence-electron chi connectivity index (χ3n) is 3.61. The second-order valence-electron chi connectivity index (χ2n) is 4.98. The van der Waals surface area contributed by atoms with Crippen molar-refractivity contribution in [1.82, 2.24) is 0 Å². The average molecular weight is 303 g/mol. The van der Waals surface area contributed by atoms with E-state index in [2.05, 4.69) is 0 Å². The predicted octanol–water partition coefficient (Wildman–Crippen LogP) is 2.99. The Hall–Kier alpha value is -1.40. The summed E-state index contributed by atoms with van der Waals surface area (Å²) >= 11 is 5.62. The van der Waals surface area contributed by atoms with Crippen molar-refractivity contribution >= 4 is 23.0 Å². The number of hydrogen-bond acceptors (Lipinski definition) is 4. The van der Waals surface area contributed by atoms with Gasteiger partial charge in [0.05, 0.1) is 9.95 Å². The van der Waals surface area contributed by atoms with Gasteiger partial charge in [0.15, 0.2) is 0 Å². The first-order chi connectivity index (χ1) is 9.52. The number of anilines is 1. The number of hydrogen-bond donors (Lipinski definition) is 1. The van der Waals surface area contributed by atoms with E-state index >= 15 is 0 Å². The molecular weight excluding hydrogens is 287 g/mol. The van der Waals surface area contributed by atoms with E-state index in [1.165, 1.54) is 0 Å². The highest BCUT2D eigenvalue weighted by atomic mass is 35.5. The molecule has 5 nitrogen and oxygen atoms in total. The molecule has 1 fully saturated rings. The minimum Gasteiger partial charge on any atom is -0.396 e. The van der Waals surface area contributed by atoms with Crippen LogP contribution in [-0.2, 0) is 0 Å². The molecule has 1 N–H and O–H groups in total. The second kappa shape index (κ2) is 6.37.